The average molecular weight is 301 g/mol. The smallest absolute Gasteiger partial charge is 0.679 e. The van der Waals surface area contributed by atoms with Crippen molar-refractivity contribution in [2.75, 3.05) is 13.1 Å². The second kappa shape index (κ2) is 16.7. The number of hydrogen-bond acceptors (Lipinski definition) is 4. The predicted octanol–water partition coefficient (Wildman–Crippen LogP) is -3.93. The van der Waals surface area contributed by atoms with E-state index in [0.717, 1.165) is 0 Å². The van der Waals surface area contributed by atoms with Crippen molar-refractivity contribution in [3.63, 3.8) is 0 Å². The van der Waals surface area contributed by atoms with Gasteiger partial charge in [0.05, 0.1) is 19.2 Å². The standard InChI is InChI=1S/C2H6N2.2C2H2O4.Co/c3-1-2-4;2*3-1(4)2(5)6;/h3-4H,1-2H2;2*(H,3,4)(H,5,6);/q-2;;;+3/p+4. The molecule has 0 atom stereocenters. The fourth-order valence-electron chi connectivity index (χ4n) is 0. The quantitative estimate of drug-likeness (QED) is 0.350. The molecule has 0 aliphatic carbocycles. The van der Waals surface area contributed by atoms with Crippen LogP contribution in [-0.4, -0.2) is 57.4 Å². The number of nitrogens with one attached hydrogen (secondary N) is 2. The molecule has 100 valence electrons. The summed E-state index contributed by atoms with van der Waals surface area (Å²) in [6.07, 6.45) is 0. The van der Waals surface area contributed by atoms with Crippen LogP contribution in [0, 0.1) is 0 Å². The molecule has 0 amide bonds. The van der Waals surface area contributed by atoms with E-state index in [9.17, 15) is 19.2 Å². The summed E-state index contributed by atoms with van der Waals surface area (Å²) < 4.78 is 0. The van der Waals surface area contributed by atoms with Crippen LogP contribution in [0.25, 0.3) is 11.5 Å². The Bertz CT molecular complexity index is 206. The molecule has 17 heavy (non-hydrogen) atoms. The molecule has 0 aromatic rings. The molecular formula is C6H14CoN2O8+5. The van der Waals surface area contributed by atoms with Gasteiger partial charge in [-0.25, -0.2) is 0 Å². The minimum Gasteiger partial charge on any atom is -0.679 e. The summed E-state index contributed by atoms with van der Waals surface area (Å²) in [7, 11) is 0. The summed E-state index contributed by atoms with van der Waals surface area (Å²) in [4.78, 5) is 37.1. The van der Waals surface area contributed by atoms with Crippen molar-refractivity contribution < 1.29 is 56.4 Å². The second-order valence-corrected chi connectivity index (χ2v) is 1.82. The number of carbonyl (C=O) groups excluding carboxylic acids is 4. The van der Waals surface area contributed by atoms with Crippen LogP contribution in [-0.2, 0) is 36.0 Å². The van der Waals surface area contributed by atoms with E-state index in [1.54, 1.807) is 0 Å². The van der Waals surface area contributed by atoms with E-state index in [1.807, 2.05) is 0 Å². The first kappa shape index (κ1) is 24.5. The van der Waals surface area contributed by atoms with Crippen molar-refractivity contribution >= 4 is 23.9 Å². The molecule has 0 bridgehead atoms. The monoisotopic (exact) mass is 301 g/mol. The molecule has 0 aliphatic rings. The Morgan fingerprint density at radius 1 is 0.647 bits per heavy atom. The van der Waals surface area contributed by atoms with Crippen molar-refractivity contribution in [1.29, 1.82) is 0 Å². The summed E-state index contributed by atoms with van der Waals surface area (Å²) in [6, 6.07) is 0. The van der Waals surface area contributed by atoms with E-state index in [0.29, 0.717) is 0 Å². The van der Waals surface area contributed by atoms with E-state index in [4.69, 9.17) is 31.9 Å². The van der Waals surface area contributed by atoms with Gasteiger partial charge in [-0.2, -0.15) is 13.1 Å². The zero-order valence-electron chi connectivity index (χ0n) is 8.38. The summed E-state index contributed by atoms with van der Waals surface area (Å²) in [5.74, 6) is -5.85. The van der Waals surface area contributed by atoms with E-state index in [1.165, 1.54) is 0 Å². The molecule has 10 nitrogen and oxygen atoms in total. The molecule has 0 saturated heterocycles. The topological polar surface area (TPSA) is 207 Å². The first-order valence-corrected chi connectivity index (χ1v) is 3.52. The predicted molar refractivity (Wildman–Crippen MR) is 52.9 cm³/mol. The SMILES string of the molecule is O=C([OH2+])C(=O)[OH2+].O=C([OH2+])C(=O)[OH2+].[Co+3].[NH-]CC[NH-]. The third-order valence-corrected chi connectivity index (χ3v) is 0.537. The molecule has 0 radical (unpaired) electrons. The van der Waals surface area contributed by atoms with E-state index in [2.05, 4.69) is 0 Å². The molecule has 0 aliphatic heterocycles. The second-order valence-electron chi connectivity index (χ2n) is 1.82. The van der Waals surface area contributed by atoms with Gasteiger partial charge in [0, 0.05) is 0 Å². The Morgan fingerprint density at radius 2 is 0.765 bits per heavy atom. The van der Waals surface area contributed by atoms with Crippen LogP contribution in [0.2, 0.25) is 0 Å². The first-order valence-electron chi connectivity index (χ1n) is 3.52. The first-order chi connectivity index (χ1) is 7.20. The van der Waals surface area contributed by atoms with Gasteiger partial charge >= 0.3 is 40.7 Å². The Kier molecular flexibility index (Phi) is 24.1. The fourth-order valence-corrected chi connectivity index (χ4v) is 0. The van der Waals surface area contributed by atoms with Crippen LogP contribution in [0.3, 0.4) is 0 Å². The van der Waals surface area contributed by atoms with Crippen LogP contribution >= 0.6 is 0 Å². The van der Waals surface area contributed by atoms with Crippen LogP contribution in [0.15, 0.2) is 0 Å². The number of hydrogen-bond donors (Lipinski definition) is 0. The maximum Gasteiger partial charge on any atom is 3.00 e. The van der Waals surface area contributed by atoms with Gasteiger partial charge in [-0.15, -0.1) is 0 Å². The van der Waals surface area contributed by atoms with Crippen molar-refractivity contribution in [3.8, 4) is 0 Å². The Morgan fingerprint density at radius 3 is 0.765 bits per heavy atom. The third-order valence-electron chi connectivity index (χ3n) is 0.537. The Hall–Kier alpha value is -1.69. The van der Waals surface area contributed by atoms with E-state index in [-0.39, 0.29) is 29.9 Å². The van der Waals surface area contributed by atoms with Gasteiger partial charge in [0.25, 0.3) is 0 Å². The van der Waals surface area contributed by atoms with Crippen molar-refractivity contribution in [3.05, 3.63) is 11.5 Å². The molecule has 0 fully saturated rings. The molecule has 0 spiro atoms. The van der Waals surface area contributed by atoms with Gasteiger partial charge in [-0.1, -0.05) is 0 Å². The maximum atomic E-state index is 9.27. The molecule has 0 unspecified atom stereocenters. The van der Waals surface area contributed by atoms with Gasteiger partial charge < -0.3 is 31.9 Å². The maximum absolute atomic E-state index is 9.27. The Balaban J connectivity index is -0.0000000741. The van der Waals surface area contributed by atoms with Gasteiger partial charge in [-0.3, -0.25) is 0 Å². The van der Waals surface area contributed by atoms with Gasteiger partial charge in [0.1, 0.15) is 0 Å². The summed E-state index contributed by atoms with van der Waals surface area (Å²) in [5, 5.41) is 23.4. The molecule has 0 heterocycles. The zero-order chi connectivity index (χ0) is 13.7. The van der Waals surface area contributed by atoms with Crippen LogP contribution in [0.1, 0.15) is 0 Å². The molecule has 0 aromatic heterocycles. The van der Waals surface area contributed by atoms with Gasteiger partial charge in [-0.05, 0) is 0 Å². The minimum atomic E-state index is -1.46. The number of rotatable bonds is 1. The summed E-state index contributed by atoms with van der Waals surface area (Å²) in [5.41, 5.74) is 12.5. The van der Waals surface area contributed by atoms with Crippen LogP contribution in [0.4, 0.5) is 0 Å². The molecule has 11 heteroatoms. The average Bonchev–Trinajstić information content (AvgIpc) is 2.18. The van der Waals surface area contributed by atoms with Crippen LogP contribution in [0.5, 0.6) is 0 Å². The van der Waals surface area contributed by atoms with Crippen molar-refractivity contribution in [1.82, 2.24) is 0 Å². The third kappa shape index (κ3) is 40.6. The summed E-state index contributed by atoms with van der Waals surface area (Å²) in [6.45, 7) is 0.472. The van der Waals surface area contributed by atoms with Crippen molar-refractivity contribution in [2.45, 2.75) is 0 Å². The fraction of sp³-hybridized carbons (Fsp3) is 0.333. The van der Waals surface area contributed by atoms with Gasteiger partial charge in [0.2, 0.25) is 0 Å². The number of carbonyl (C=O) groups is 4. The molecule has 0 saturated carbocycles. The molecule has 0 rings (SSSR count). The van der Waals surface area contributed by atoms with Crippen molar-refractivity contribution in [2.24, 2.45) is 0 Å². The normalized spacial score (nSPS) is 6.94. The van der Waals surface area contributed by atoms with Crippen LogP contribution < -0.4 is 0 Å². The largest absolute Gasteiger partial charge is 3.00 e. The van der Waals surface area contributed by atoms with E-state index < -0.39 is 23.9 Å². The van der Waals surface area contributed by atoms with Gasteiger partial charge in [0.15, 0.2) is 0 Å². The molecular weight excluding hydrogens is 287 g/mol. The minimum absolute atomic E-state index is 0. The molecule has 10 N–H and O–H groups in total. The zero-order valence-corrected chi connectivity index (χ0v) is 9.42. The molecule has 0 aromatic carbocycles. The Labute approximate surface area is 105 Å². The van der Waals surface area contributed by atoms with E-state index >= 15 is 0 Å². The summed E-state index contributed by atoms with van der Waals surface area (Å²) >= 11 is 0.